The molecule has 0 bridgehead atoms. The number of nitrogens with one attached hydrogen (secondary N) is 1. The minimum Gasteiger partial charge on any atom is -0.289 e. The first kappa shape index (κ1) is 20.5. The van der Waals surface area contributed by atoms with Gasteiger partial charge in [0, 0.05) is 18.7 Å². The highest BCUT2D eigenvalue weighted by molar-refractivity contribution is 7.88. The zero-order valence-electron chi connectivity index (χ0n) is 14.5. The van der Waals surface area contributed by atoms with Crippen molar-refractivity contribution in [2.24, 2.45) is 0 Å². The average Bonchev–Trinajstić information content (AvgIpc) is 2.65. The molecule has 1 amide bonds. The topological polar surface area (TPSA) is 130 Å². The fourth-order valence-electron chi connectivity index (χ4n) is 2.47. The summed E-state index contributed by atoms with van der Waals surface area (Å²) in [5.74, 6) is -1.21. The molecule has 0 saturated carbocycles. The molecule has 27 heavy (non-hydrogen) atoms. The number of amides is 1. The van der Waals surface area contributed by atoms with Crippen molar-refractivity contribution in [3.63, 3.8) is 0 Å². The largest absolute Gasteiger partial charge is 0.289 e. The second kappa shape index (κ2) is 8.71. The molecule has 2 aromatic rings. The number of nitro benzene ring substituents is 1. The Balaban J connectivity index is 2.32. The van der Waals surface area contributed by atoms with Gasteiger partial charge in [-0.15, -0.1) is 0 Å². The molecule has 2 N–H and O–H groups in total. The summed E-state index contributed by atoms with van der Waals surface area (Å²) in [6, 6.07) is 12.6. The maximum Gasteiger partial charge on any atom is 0.269 e. The van der Waals surface area contributed by atoms with Crippen LogP contribution in [0.4, 0.5) is 5.69 Å². The molecule has 0 aromatic heterocycles. The van der Waals surface area contributed by atoms with Crippen molar-refractivity contribution in [3.05, 3.63) is 75.8 Å². The average molecular weight is 393 g/mol. The Morgan fingerprint density at radius 3 is 2.26 bits per heavy atom. The monoisotopic (exact) mass is 393 g/mol. The molecule has 0 heterocycles. The standard InChI is InChI=1S/C17H19N3O6S/c1-13(17(21)18-22)19(11-14-7-9-16(10-8-14)20(23)24)27(25,26)12-15-5-3-2-4-6-15/h2-10,13,22H,11-12H2,1H3,(H,18,21)/t13-/m0/s1. The molecule has 0 fully saturated rings. The van der Waals surface area contributed by atoms with E-state index in [0.717, 1.165) is 4.31 Å². The molecule has 0 radical (unpaired) electrons. The van der Waals surface area contributed by atoms with Crippen molar-refractivity contribution < 1.29 is 23.3 Å². The van der Waals surface area contributed by atoms with Gasteiger partial charge in [0.05, 0.1) is 10.7 Å². The van der Waals surface area contributed by atoms with Gasteiger partial charge in [0.25, 0.3) is 11.6 Å². The third-order valence-electron chi connectivity index (χ3n) is 3.96. The van der Waals surface area contributed by atoms with Crippen LogP contribution in [0, 0.1) is 10.1 Å². The summed E-state index contributed by atoms with van der Waals surface area (Å²) in [7, 11) is -3.93. The minimum absolute atomic E-state index is 0.126. The lowest BCUT2D eigenvalue weighted by Gasteiger charge is -2.27. The van der Waals surface area contributed by atoms with Gasteiger partial charge in [-0.1, -0.05) is 42.5 Å². The Bertz CT molecular complexity index is 900. The molecule has 0 spiro atoms. The van der Waals surface area contributed by atoms with Gasteiger partial charge in [-0.3, -0.25) is 20.1 Å². The molecule has 2 aromatic carbocycles. The molecule has 0 aliphatic rings. The predicted molar refractivity (Wildman–Crippen MR) is 97.1 cm³/mol. The van der Waals surface area contributed by atoms with Crippen LogP contribution in [0.2, 0.25) is 0 Å². The highest BCUT2D eigenvalue weighted by Crippen LogP contribution is 2.20. The third-order valence-corrected chi connectivity index (χ3v) is 5.81. The summed E-state index contributed by atoms with van der Waals surface area (Å²) in [5, 5.41) is 19.6. The first-order valence-corrected chi connectivity index (χ1v) is 9.56. The first-order chi connectivity index (χ1) is 12.7. The summed E-state index contributed by atoms with van der Waals surface area (Å²) >= 11 is 0. The van der Waals surface area contributed by atoms with Crippen molar-refractivity contribution in [2.75, 3.05) is 0 Å². The zero-order chi connectivity index (χ0) is 20.0. The van der Waals surface area contributed by atoms with Crippen LogP contribution in [0.3, 0.4) is 0 Å². The number of carbonyl (C=O) groups is 1. The molecule has 144 valence electrons. The van der Waals surface area contributed by atoms with Crippen LogP contribution in [0.1, 0.15) is 18.1 Å². The van der Waals surface area contributed by atoms with Crippen LogP contribution >= 0.6 is 0 Å². The number of sulfonamides is 1. The second-order valence-corrected chi connectivity index (χ2v) is 7.78. The fraction of sp³-hybridized carbons (Fsp3) is 0.235. The minimum atomic E-state index is -3.93. The summed E-state index contributed by atoms with van der Waals surface area (Å²) in [6.07, 6.45) is 0. The van der Waals surface area contributed by atoms with E-state index in [9.17, 15) is 23.3 Å². The van der Waals surface area contributed by atoms with Crippen LogP contribution in [0.25, 0.3) is 0 Å². The van der Waals surface area contributed by atoms with Crippen molar-refractivity contribution in [1.82, 2.24) is 9.79 Å². The number of carbonyl (C=O) groups excluding carboxylic acids is 1. The quantitative estimate of drug-likeness (QED) is 0.400. The molecular weight excluding hydrogens is 374 g/mol. The van der Waals surface area contributed by atoms with E-state index in [1.54, 1.807) is 30.3 Å². The molecule has 0 saturated heterocycles. The number of rotatable bonds is 8. The Morgan fingerprint density at radius 1 is 1.15 bits per heavy atom. The van der Waals surface area contributed by atoms with Gasteiger partial charge in [0.1, 0.15) is 6.04 Å². The molecule has 10 heteroatoms. The predicted octanol–water partition coefficient (Wildman–Crippen LogP) is 1.82. The lowest BCUT2D eigenvalue weighted by atomic mass is 10.2. The Hall–Kier alpha value is -2.82. The Morgan fingerprint density at radius 2 is 1.74 bits per heavy atom. The molecule has 9 nitrogen and oxygen atoms in total. The normalized spacial score (nSPS) is 12.6. The Kier molecular flexibility index (Phi) is 6.61. The molecular formula is C17H19N3O6S. The lowest BCUT2D eigenvalue weighted by Crippen LogP contribution is -2.47. The van der Waals surface area contributed by atoms with Gasteiger partial charge in [-0.25, -0.2) is 13.9 Å². The number of nitrogens with zero attached hydrogens (tertiary/aromatic N) is 2. The highest BCUT2D eigenvalue weighted by atomic mass is 32.2. The number of hydroxylamine groups is 1. The summed E-state index contributed by atoms with van der Waals surface area (Å²) in [6.45, 7) is 1.17. The van der Waals surface area contributed by atoms with Gasteiger partial charge >= 0.3 is 0 Å². The van der Waals surface area contributed by atoms with Crippen molar-refractivity contribution >= 4 is 21.6 Å². The SMILES string of the molecule is C[C@@H](C(=O)NO)N(Cc1ccc([N+](=O)[O-])cc1)S(=O)(=O)Cc1ccccc1. The van der Waals surface area contributed by atoms with Gasteiger partial charge < -0.3 is 0 Å². The van der Waals surface area contributed by atoms with Gasteiger partial charge in [-0.2, -0.15) is 4.31 Å². The molecule has 2 rings (SSSR count). The first-order valence-electron chi connectivity index (χ1n) is 7.95. The van der Waals surface area contributed by atoms with Gasteiger partial charge in [-0.05, 0) is 18.1 Å². The van der Waals surface area contributed by atoms with Crippen LogP contribution < -0.4 is 5.48 Å². The van der Waals surface area contributed by atoms with E-state index in [4.69, 9.17) is 5.21 Å². The second-order valence-electron chi connectivity index (χ2n) is 5.86. The molecule has 1 atom stereocenters. The van der Waals surface area contributed by atoms with Crippen molar-refractivity contribution in [3.8, 4) is 0 Å². The zero-order valence-corrected chi connectivity index (χ0v) is 15.3. The smallest absolute Gasteiger partial charge is 0.269 e. The van der Waals surface area contributed by atoms with Crippen molar-refractivity contribution in [1.29, 1.82) is 0 Å². The van der Waals surface area contributed by atoms with E-state index in [1.807, 2.05) is 0 Å². The van der Waals surface area contributed by atoms with E-state index in [1.165, 1.54) is 36.7 Å². The van der Waals surface area contributed by atoms with Gasteiger partial charge in [0.2, 0.25) is 10.0 Å². The van der Waals surface area contributed by atoms with E-state index < -0.39 is 26.9 Å². The van der Waals surface area contributed by atoms with E-state index >= 15 is 0 Å². The number of hydrogen-bond donors (Lipinski definition) is 2. The number of hydrogen-bond acceptors (Lipinski definition) is 6. The maximum absolute atomic E-state index is 12.9. The van der Waals surface area contributed by atoms with Crippen LogP contribution in [-0.4, -0.2) is 34.8 Å². The van der Waals surface area contributed by atoms with E-state index in [0.29, 0.717) is 11.1 Å². The Labute approximate surface area is 156 Å². The number of non-ortho nitro benzene ring substituents is 1. The lowest BCUT2D eigenvalue weighted by molar-refractivity contribution is -0.384. The van der Waals surface area contributed by atoms with E-state index in [2.05, 4.69) is 0 Å². The summed E-state index contributed by atoms with van der Waals surface area (Å²) in [5.41, 5.74) is 2.34. The summed E-state index contributed by atoms with van der Waals surface area (Å²) in [4.78, 5) is 22.0. The van der Waals surface area contributed by atoms with Crippen LogP contribution in [-0.2, 0) is 27.1 Å². The fourth-order valence-corrected chi connectivity index (χ4v) is 4.17. The number of nitro groups is 1. The van der Waals surface area contributed by atoms with Crippen molar-refractivity contribution in [2.45, 2.75) is 25.3 Å². The number of benzene rings is 2. The summed E-state index contributed by atoms with van der Waals surface area (Å²) < 4.78 is 26.7. The van der Waals surface area contributed by atoms with E-state index in [-0.39, 0.29) is 18.0 Å². The highest BCUT2D eigenvalue weighted by Gasteiger charge is 2.32. The molecule has 0 aliphatic heterocycles. The third kappa shape index (κ3) is 5.33. The van der Waals surface area contributed by atoms with Crippen LogP contribution in [0.5, 0.6) is 0 Å². The molecule has 0 aliphatic carbocycles. The maximum atomic E-state index is 12.9. The van der Waals surface area contributed by atoms with Gasteiger partial charge in [0.15, 0.2) is 0 Å². The van der Waals surface area contributed by atoms with Crippen LogP contribution in [0.15, 0.2) is 54.6 Å². The molecule has 0 unspecified atom stereocenters.